The first-order valence-corrected chi connectivity index (χ1v) is 6.47. The number of unbranched alkanes of at least 4 members (excludes halogenated alkanes) is 2. The third-order valence-corrected chi connectivity index (χ3v) is 2.64. The maximum absolute atomic E-state index is 11.6. The van der Waals surface area contributed by atoms with Gasteiger partial charge in [0.15, 0.2) is 0 Å². The lowest BCUT2D eigenvalue weighted by atomic mass is 10.2. The molecule has 0 aliphatic heterocycles. The second kappa shape index (κ2) is 8.91. The van der Waals surface area contributed by atoms with Gasteiger partial charge in [-0.25, -0.2) is 0 Å². The Labute approximate surface area is 112 Å². The third-order valence-electron chi connectivity index (χ3n) is 2.41. The van der Waals surface area contributed by atoms with Gasteiger partial charge in [0.2, 0.25) is 5.91 Å². The van der Waals surface area contributed by atoms with E-state index in [4.69, 9.17) is 16.7 Å². The van der Waals surface area contributed by atoms with Crippen LogP contribution in [-0.2, 0) is 4.79 Å². The number of halogens is 1. The van der Waals surface area contributed by atoms with Crippen molar-refractivity contribution >= 4 is 23.2 Å². The molecule has 4 nitrogen and oxygen atoms in total. The van der Waals surface area contributed by atoms with E-state index in [1.807, 2.05) is 0 Å². The minimum atomic E-state index is -0.0839. The Morgan fingerprint density at radius 3 is 2.83 bits per heavy atom. The summed E-state index contributed by atoms with van der Waals surface area (Å²) < 4.78 is 0. The number of carbonyl (C=O) groups is 1. The summed E-state index contributed by atoms with van der Waals surface area (Å²) in [5.74, 6) is -0.0839. The fraction of sp³-hybridized carbons (Fsp3) is 0.462. The zero-order valence-corrected chi connectivity index (χ0v) is 11.0. The summed E-state index contributed by atoms with van der Waals surface area (Å²) in [4.78, 5) is 11.6. The average Bonchev–Trinajstić information content (AvgIpc) is 2.33. The summed E-state index contributed by atoms with van der Waals surface area (Å²) in [6.07, 6.45) is 2.75. The van der Waals surface area contributed by atoms with Crippen molar-refractivity contribution in [2.75, 3.05) is 25.0 Å². The van der Waals surface area contributed by atoms with Crippen LogP contribution in [0.1, 0.15) is 19.3 Å². The molecule has 100 valence electrons. The summed E-state index contributed by atoms with van der Waals surface area (Å²) in [7, 11) is 0. The van der Waals surface area contributed by atoms with Crippen molar-refractivity contribution in [3.8, 4) is 0 Å². The quantitative estimate of drug-likeness (QED) is 0.634. The lowest BCUT2D eigenvalue weighted by molar-refractivity contribution is -0.115. The van der Waals surface area contributed by atoms with Crippen LogP contribution >= 0.6 is 11.6 Å². The minimum absolute atomic E-state index is 0.0839. The summed E-state index contributed by atoms with van der Waals surface area (Å²) in [6.45, 7) is 1.30. The first kappa shape index (κ1) is 15.0. The van der Waals surface area contributed by atoms with Gasteiger partial charge >= 0.3 is 0 Å². The van der Waals surface area contributed by atoms with Crippen LogP contribution in [0.15, 0.2) is 24.3 Å². The van der Waals surface area contributed by atoms with Crippen LogP contribution < -0.4 is 10.6 Å². The summed E-state index contributed by atoms with van der Waals surface area (Å²) >= 11 is 5.82. The molecule has 1 aromatic carbocycles. The molecule has 0 saturated heterocycles. The molecule has 1 amide bonds. The molecular weight excluding hydrogens is 252 g/mol. The molecular formula is C13H19ClN2O2. The molecule has 0 aliphatic carbocycles. The number of aliphatic hydroxyl groups excluding tert-OH is 1. The van der Waals surface area contributed by atoms with Gasteiger partial charge in [-0.3, -0.25) is 4.79 Å². The lowest BCUT2D eigenvalue weighted by Crippen LogP contribution is -2.28. The zero-order chi connectivity index (χ0) is 13.2. The van der Waals surface area contributed by atoms with E-state index in [1.165, 1.54) is 0 Å². The van der Waals surface area contributed by atoms with Crippen LogP contribution in [0.25, 0.3) is 0 Å². The molecule has 0 bridgehead atoms. The Kier molecular flexibility index (Phi) is 7.41. The van der Waals surface area contributed by atoms with Crippen molar-refractivity contribution in [3.63, 3.8) is 0 Å². The smallest absolute Gasteiger partial charge is 0.238 e. The van der Waals surface area contributed by atoms with Crippen LogP contribution in [-0.4, -0.2) is 30.7 Å². The van der Waals surface area contributed by atoms with Crippen molar-refractivity contribution in [3.05, 3.63) is 29.3 Å². The van der Waals surface area contributed by atoms with Gasteiger partial charge in [-0.05, 0) is 44.0 Å². The minimum Gasteiger partial charge on any atom is -0.396 e. The molecule has 0 spiro atoms. The standard InChI is InChI=1S/C13H19ClN2O2/c14-11-5-4-6-12(9-11)16-13(18)10-15-7-2-1-3-8-17/h4-6,9,15,17H,1-3,7-8,10H2,(H,16,18). The number of amides is 1. The van der Waals surface area contributed by atoms with Gasteiger partial charge in [-0.1, -0.05) is 17.7 Å². The summed E-state index contributed by atoms with van der Waals surface area (Å²) in [5, 5.41) is 15.0. The fourth-order valence-electron chi connectivity index (χ4n) is 1.51. The Balaban J connectivity index is 2.14. The Bertz CT molecular complexity index is 372. The SMILES string of the molecule is O=C(CNCCCCCO)Nc1cccc(Cl)c1. The molecule has 0 atom stereocenters. The highest BCUT2D eigenvalue weighted by Crippen LogP contribution is 2.14. The largest absolute Gasteiger partial charge is 0.396 e. The molecule has 0 aromatic heterocycles. The molecule has 0 unspecified atom stereocenters. The van der Waals surface area contributed by atoms with Crippen molar-refractivity contribution in [1.82, 2.24) is 5.32 Å². The van der Waals surface area contributed by atoms with Crippen molar-refractivity contribution in [1.29, 1.82) is 0 Å². The molecule has 0 aliphatic rings. The predicted molar refractivity (Wildman–Crippen MR) is 73.9 cm³/mol. The van der Waals surface area contributed by atoms with E-state index in [2.05, 4.69) is 10.6 Å². The average molecular weight is 271 g/mol. The Hall–Kier alpha value is -1.10. The van der Waals surface area contributed by atoms with Crippen molar-refractivity contribution in [2.24, 2.45) is 0 Å². The molecule has 1 aromatic rings. The highest BCUT2D eigenvalue weighted by atomic mass is 35.5. The lowest BCUT2D eigenvalue weighted by Gasteiger charge is -2.06. The number of rotatable bonds is 8. The molecule has 0 radical (unpaired) electrons. The number of carbonyl (C=O) groups excluding carboxylic acids is 1. The van der Waals surface area contributed by atoms with Gasteiger partial charge in [0, 0.05) is 17.3 Å². The second-order valence-electron chi connectivity index (χ2n) is 4.02. The van der Waals surface area contributed by atoms with E-state index in [-0.39, 0.29) is 19.1 Å². The van der Waals surface area contributed by atoms with Crippen molar-refractivity contribution in [2.45, 2.75) is 19.3 Å². The second-order valence-corrected chi connectivity index (χ2v) is 4.46. The number of nitrogens with one attached hydrogen (secondary N) is 2. The van der Waals surface area contributed by atoms with Crippen LogP contribution in [0.5, 0.6) is 0 Å². The maximum Gasteiger partial charge on any atom is 0.238 e. The Morgan fingerprint density at radius 2 is 2.11 bits per heavy atom. The van der Waals surface area contributed by atoms with Gasteiger partial charge in [0.25, 0.3) is 0 Å². The molecule has 0 saturated carbocycles. The number of aliphatic hydroxyl groups is 1. The molecule has 0 heterocycles. The predicted octanol–water partition coefficient (Wildman–Crippen LogP) is 2.03. The summed E-state index contributed by atoms with van der Waals surface area (Å²) in [6, 6.07) is 7.06. The van der Waals surface area contributed by atoms with E-state index in [0.717, 1.165) is 25.8 Å². The fourth-order valence-corrected chi connectivity index (χ4v) is 1.70. The third kappa shape index (κ3) is 6.59. The highest BCUT2D eigenvalue weighted by molar-refractivity contribution is 6.30. The molecule has 1 rings (SSSR count). The van der Waals surface area contributed by atoms with Gasteiger partial charge < -0.3 is 15.7 Å². The van der Waals surface area contributed by atoms with Gasteiger partial charge in [0.05, 0.1) is 6.54 Å². The molecule has 5 heteroatoms. The number of hydrogen-bond donors (Lipinski definition) is 3. The van der Waals surface area contributed by atoms with Gasteiger partial charge in [-0.2, -0.15) is 0 Å². The van der Waals surface area contributed by atoms with Crippen LogP contribution in [0.3, 0.4) is 0 Å². The Morgan fingerprint density at radius 1 is 1.28 bits per heavy atom. The number of anilines is 1. The highest BCUT2D eigenvalue weighted by Gasteiger charge is 2.01. The van der Waals surface area contributed by atoms with E-state index in [1.54, 1.807) is 24.3 Å². The topological polar surface area (TPSA) is 61.4 Å². The number of hydrogen-bond acceptors (Lipinski definition) is 3. The molecule has 0 fully saturated rings. The molecule has 18 heavy (non-hydrogen) atoms. The van der Waals surface area contributed by atoms with E-state index < -0.39 is 0 Å². The van der Waals surface area contributed by atoms with Crippen LogP contribution in [0, 0.1) is 0 Å². The van der Waals surface area contributed by atoms with Gasteiger partial charge in [-0.15, -0.1) is 0 Å². The van der Waals surface area contributed by atoms with Crippen LogP contribution in [0.2, 0.25) is 5.02 Å². The summed E-state index contributed by atoms with van der Waals surface area (Å²) in [5.41, 5.74) is 0.703. The molecule has 3 N–H and O–H groups in total. The van der Waals surface area contributed by atoms with E-state index in [9.17, 15) is 4.79 Å². The van der Waals surface area contributed by atoms with Gasteiger partial charge in [0.1, 0.15) is 0 Å². The first-order chi connectivity index (χ1) is 8.72. The number of benzene rings is 1. The maximum atomic E-state index is 11.6. The van der Waals surface area contributed by atoms with Crippen LogP contribution in [0.4, 0.5) is 5.69 Å². The normalized spacial score (nSPS) is 10.3. The zero-order valence-electron chi connectivity index (χ0n) is 10.3. The van der Waals surface area contributed by atoms with E-state index >= 15 is 0 Å². The van der Waals surface area contributed by atoms with E-state index in [0.29, 0.717) is 10.7 Å². The first-order valence-electron chi connectivity index (χ1n) is 6.09. The van der Waals surface area contributed by atoms with Crippen molar-refractivity contribution < 1.29 is 9.90 Å². The monoisotopic (exact) mass is 270 g/mol.